The number of halogens is 1. The van der Waals surface area contributed by atoms with Gasteiger partial charge in [0.15, 0.2) is 0 Å². The van der Waals surface area contributed by atoms with Gasteiger partial charge in [-0.15, -0.1) is 0 Å². The molecular formula is C16H24ClN3O3S. The van der Waals surface area contributed by atoms with Gasteiger partial charge in [0.25, 0.3) is 5.91 Å². The summed E-state index contributed by atoms with van der Waals surface area (Å²) in [5.74, 6) is -0.357. The van der Waals surface area contributed by atoms with Crippen molar-refractivity contribution in [1.29, 1.82) is 0 Å². The first-order valence-electron chi connectivity index (χ1n) is 8.04. The van der Waals surface area contributed by atoms with Gasteiger partial charge in [0.05, 0.1) is 15.5 Å². The number of sulfonamides is 1. The van der Waals surface area contributed by atoms with E-state index >= 15 is 0 Å². The average Bonchev–Trinajstić information content (AvgIpc) is 2.55. The fraction of sp³-hybridized carbons (Fsp3) is 0.562. The summed E-state index contributed by atoms with van der Waals surface area (Å²) >= 11 is 6.10. The monoisotopic (exact) mass is 373 g/mol. The third-order valence-electron chi connectivity index (χ3n) is 4.27. The number of rotatable bonds is 5. The molecule has 2 rings (SSSR count). The van der Waals surface area contributed by atoms with Crippen molar-refractivity contribution in [3.63, 3.8) is 0 Å². The van der Waals surface area contributed by atoms with Crippen LogP contribution in [0.4, 0.5) is 0 Å². The average molecular weight is 374 g/mol. The summed E-state index contributed by atoms with van der Waals surface area (Å²) in [6.07, 6.45) is 0.780. The molecule has 1 fully saturated rings. The molecule has 1 heterocycles. The zero-order valence-corrected chi connectivity index (χ0v) is 15.8. The fourth-order valence-corrected chi connectivity index (χ4v) is 4.07. The predicted molar refractivity (Wildman–Crippen MR) is 94.9 cm³/mol. The Morgan fingerprint density at radius 2 is 1.92 bits per heavy atom. The van der Waals surface area contributed by atoms with Crippen LogP contribution in [0.1, 0.15) is 30.6 Å². The number of carbonyl (C=O) groups is 1. The lowest BCUT2D eigenvalue weighted by Gasteiger charge is -2.31. The summed E-state index contributed by atoms with van der Waals surface area (Å²) < 4.78 is 27.0. The van der Waals surface area contributed by atoms with E-state index in [1.165, 1.54) is 22.5 Å². The van der Waals surface area contributed by atoms with E-state index < -0.39 is 10.0 Å². The molecule has 0 unspecified atom stereocenters. The molecule has 1 atom stereocenters. The number of likely N-dealkylation sites (N-methyl/N-ethyl adjacent to an activating group) is 1. The summed E-state index contributed by atoms with van der Waals surface area (Å²) in [6.45, 7) is 6.10. The highest BCUT2D eigenvalue weighted by Crippen LogP contribution is 2.24. The Labute approximate surface area is 148 Å². The highest BCUT2D eigenvalue weighted by molar-refractivity contribution is 7.89. The largest absolute Gasteiger partial charge is 0.350 e. The molecule has 24 heavy (non-hydrogen) atoms. The number of hydrogen-bond acceptors (Lipinski definition) is 4. The molecule has 0 aromatic heterocycles. The lowest BCUT2D eigenvalue weighted by atomic mass is 10.2. The third kappa shape index (κ3) is 4.27. The number of nitrogens with zero attached hydrogens (tertiary/aromatic N) is 2. The van der Waals surface area contributed by atoms with Gasteiger partial charge in [-0.25, -0.2) is 8.42 Å². The van der Waals surface area contributed by atoms with E-state index in [0.717, 1.165) is 6.42 Å². The van der Waals surface area contributed by atoms with Crippen molar-refractivity contribution in [2.24, 2.45) is 0 Å². The minimum Gasteiger partial charge on any atom is -0.350 e. The fourth-order valence-electron chi connectivity index (χ4n) is 2.42. The second kappa shape index (κ2) is 7.82. The summed E-state index contributed by atoms with van der Waals surface area (Å²) in [5, 5.41) is 3.06. The number of hydrogen-bond donors (Lipinski definition) is 1. The Morgan fingerprint density at radius 3 is 2.50 bits per heavy atom. The molecule has 1 saturated heterocycles. The molecule has 0 aliphatic carbocycles. The standard InChI is InChI=1S/C16H24ClN3O3S/c1-4-12(2)18-16(21)14-11-13(5-6-15(14)17)24(22,23)20-9-7-19(3)8-10-20/h5-6,11-12H,4,7-10H2,1-3H3,(H,18,21)/t12-/m0/s1. The van der Waals surface area contributed by atoms with Crippen LogP contribution in [0.5, 0.6) is 0 Å². The molecule has 1 amide bonds. The van der Waals surface area contributed by atoms with E-state index in [1.807, 2.05) is 20.9 Å². The van der Waals surface area contributed by atoms with Crippen molar-refractivity contribution in [2.45, 2.75) is 31.2 Å². The van der Waals surface area contributed by atoms with Crippen molar-refractivity contribution >= 4 is 27.5 Å². The van der Waals surface area contributed by atoms with Crippen molar-refractivity contribution in [3.8, 4) is 0 Å². The number of amides is 1. The van der Waals surface area contributed by atoms with Gasteiger partial charge in [-0.2, -0.15) is 4.31 Å². The number of carbonyl (C=O) groups excluding carboxylic acids is 1. The molecule has 0 spiro atoms. The van der Waals surface area contributed by atoms with Crippen molar-refractivity contribution < 1.29 is 13.2 Å². The van der Waals surface area contributed by atoms with E-state index in [0.29, 0.717) is 26.2 Å². The Kier molecular flexibility index (Phi) is 6.25. The maximum Gasteiger partial charge on any atom is 0.253 e. The van der Waals surface area contributed by atoms with Crippen LogP contribution < -0.4 is 5.32 Å². The lowest BCUT2D eigenvalue weighted by Crippen LogP contribution is -2.47. The van der Waals surface area contributed by atoms with E-state index in [-0.39, 0.29) is 27.4 Å². The van der Waals surface area contributed by atoms with Gasteiger partial charge in [-0.05, 0) is 38.6 Å². The van der Waals surface area contributed by atoms with Gasteiger partial charge in [0.1, 0.15) is 0 Å². The summed E-state index contributed by atoms with van der Waals surface area (Å²) in [4.78, 5) is 14.5. The summed E-state index contributed by atoms with van der Waals surface area (Å²) in [5.41, 5.74) is 0.187. The molecule has 1 aromatic rings. The van der Waals surface area contributed by atoms with E-state index in [1.54, 1.807) is 0 Å². The molecule has 1 aliphatic heterocycles. The topological polar surface area (TPSA) is 69.7 Å². The van der Waals surface area contributed by atoms with E-state index in [2.05, 4.69) is 10.2 Å². The maximum absolute atomic E-state index is 12.8. The van der Waals surface area contributed by atoms with Crippen LogP contribution in [-0.2, 0) is 10.0 Å². The Bertz CT molecular complexity index is 701. The predicted octanol–water partition coefficient (Wildman–Crippen LogP) is 1.80. The lowest BCUT2D eigenvalue weighted by molar-refractivity contribution is 0.0939. The Balaban J connectivity index is 2.28. The first-order valence-corrected chi connectivity index (χ1v) is 9.86. The summed E-state index contributed by atoms with van der Waals surface area (Å²) in [6, 6.07) is 4.28. The zero-order valence-electron chi connectivity index (χ0n) is 14.3. The molecule has 0 radical (unpaired) electrons. The Hall–Kier alpha value is -1.15. The number of nitrogens with one attached hydrogen (secondary N) is 1. The van der Waals surface area contributed by atoms with Gasteiger partial charge in [-0.1, -0.05) is 18.5 Å². The quantitative estimate of drug-likeness (QED) is 0.854. The molecule has 0 saturated carbocycles. The van der Waals surface area contributed by atoms with Gasteiger partial charge in [-0.3, -0.25) is 4.79 Å². The third-order valence-corrected chi connectivity index (χ3v) is 6.50. The first kappa shape index (κ1) is 19.2. The molecule has 1 aliphatic rings. The van der Waals surface area contributed by atoms with Crippen LogP contribution in [0.25, 0.3) is 0 Å². The minimum absolute atomic E-state index is 0.00791. The molecule has 1 N–H and O–H groups in total. The highest BCUT2D eigenvalue weighted by atomic mass is 35.5. The van der Waals surface area contributed by atoms with Gasteiger partial charge < -0.3 is 10.2 Å². The van der Waals surface area contributed by atoms with Crippen LogP contribution >= 0.6 is 11.6 Å². The smallest absolute Gasteiger partial charge is 0.253 e. The molecule has 8 heteroatoms. The van der Waals surface area contributed by atoms with Crippen LogP contribution in [0.2, 0.25) is 5.02 Å². The van der Waals surface area contributed by atoms with Crippen LogP contribution in [0, 0.1) is 0 Å². The minimum atomic E-state index is -3.62. The molecular weight excluding hydrogens is 350 g/mol. The zero-order chi connectivity index (χ0) is 17.9. The molecule has 6 nitrogen and oxygen atoms in total. The van der Waals surface area contributed by atoms with Crippen LogP contribution in [0.3, 0.4) is 0 Å². The highest BCUT2D eigenvalue weighted by Gasteiger charge is 2.28. The normalized spacial score (nSPS) is 18.3. The van der Waals surface area contributed by atoms with Crippen LogP contribution in [-0.4, -0.2) is 62.8 Å². The maximum atomic E-state index is 12.8. The van der Waals surface area contributed by atoms with Crippen molar-refractivity contribution in [3.05, 3.63) is 28.8 Å². The molecule has 134 valence electrons. The van der Waals surface area contributed by atoms with Crippen LogP contribution in [0.15, 0.2) is 23.1 Å². The van der Waals surface area contributed by atoms with Crippen molar-refractivity contribution in [2.75, 3.05) is 33.2 Å². The first-order chi connectivity index (χ1) is 11.3. The van der Waals surface area contributed by atoms with Gasteiger partial charge >= 0.3 is 0 Å². The second-order valence-electron chi connectivity index (χ2n) is 6.13. The summed E-state index contributed by atoms with van der Waals surface area (Å²) in [7, 11) is -1.66. The van der Waals surface area contributed by atoms with E-state index in [9.17, 15) is 13.2 Å². The number of piperazine rings is 1. The van der Waals surface area contributed by atoms with E-state index in [4.69, 9.17) is 11.6 Å². The van der Waals surface area contributed by atoms with Crippen molar-refractivity contribution in [1.82, 2.24) is 14.5 Å². The second-order valence-corrected chi connectivity index (χ2v) is 8.48. The van der Waals surface area contributed by atoms with Gasteiger partial charge in [0.2, 0.25) is 10.0 Å². The molecule has 0 bridgehead atoms. The SMILES string of the molecule is CC[C@H](C)NC(=O)c1cc(S(=O)(=O)N2CCN(C)CC2)ccc1Cl. The van der Waals surface area contributed by atoms with Gasteiger partial charge in [0, 0.05) is 32.2 Å². The molecule has 1 aromatic carbocycles. The number of benzene rings is 1. The Morgan fingerprint density at radius 1 is 1.29 bits per heavy atom.